The lowest BCUT2D eigenvalue weighted by Gasteiger charge is -2.14. The Kier molecular flexibility index (Phi) is 5.48. The number of rotatable bonds is 7. The smallest absolute Gasteiger partial charge is 0.229 e. The second-order valence-corrected chi connectivity index (χ2v) is 3.69. The zero-order valence-electron chi connectivity index (χ0n) is 10.4. The lowest BCUT2D eigenvalue weighted by molar-refractivity contribution is 0.282. The molecule has 1 atom stereocenters. The second kappa shape index (κ2) is 6.90. The van der Waals surface area contributed by atoms with Crippen LogP contribution in [-0.2, 0) is 0 Å². The first-order chi connectivity index (χ1) is 8.19. The van der Waals surface area contributed by atoms with Crippen molar-refractivity contribution in [3.63, 3.8) is 0 Å². The summed E-state index contributed by atoms with van der Waals surface area (Å²) in [4.78, 5) is 8.32. The molecule has 6 nitrogen and oxygen atoms in total. The van der Waals surface area contributed by atoms with E-state index in [4.69, 9.17) is 14.6 Å². The van der Waals surface area contributed by atoms with Gasteiger partial charge in [-0.05, 0) is 19.8 Å². The van der Waals surface area contributed by atoms with E-state index in [0.717, 1.165) is 12.8 Å². The lowest BCUT2D eigenvalue weighted by atomic mass is 10.2. The van der Waals surface area contributed by atoms with Crippen molar-refractivity contribution in [1.82, 2.24) is 9.97 Å². The van der Waals surface area contributed by atoms with Gasteiger partial charge in [0.25, 0.3) is 0 Å². The van der Waals surface area contributed by atoms with Gasteiger partial charge in [-0.3, -0.25) is 0 Å². The van der Waals surface area contributed by atoms with Crippen molar-refractivity contribution in [2.45, 2.75) is 25.8 Å². The molecule has 0 aromatic carbocycles. The summed E-state index contributed by atoms with van der Waals surface area (Å²) in [5, 5.41) is 11.9. The van der Waals surface area contributed by atoms with Gasteiger partial charge in [0.2, 0.25) is 17.7 Å². The predicted octanol–water partition coefficient (Wildman–Crippen LogP) is 1.07. The van der Waals surface area contributed by atoms with Crippen LogP contribution in [-0.4, -0.2) is 41.9 Å². The van der Waals surface area contributed by atoms with Gasteiger partial charge >= 0.3 is 0 Å². The largest absolute Gasteiger partial charge is 0.481 e. The average Bonchev–Trinajstić information content (AvgIpc) is 2.35. The van der Waals surface area contributed by atoms with Gasteiger partial charge in [0, 0.05) is 12.6 Å². The number of anilines is 1. The predicted molar refractivity (Wildman–Crippen MR) is 64.5 cm³/mol. The molecule has 96 valence electrons. The third-order valence-corrected chi connectivity index (χ3v) is 2.27. The molecule has 0 aliphatic heterocycles. The van der Waals surface area contributed by atoms with E-state index in [-0.39, 0.29) is 12.6 Å². The van der Waals surface area contributed by atoms with Gasteiger partial charge in [0.05, 0.1) is 20.3 Å². The molecule has 6 heteroatoms. The molecule has 0 aliphatic rings. The number of aliphatic hydroxyl groups excluding tert-OH is 1. The van der Waals surface area contributed by atoms with E-state index in [1.165, 1.54) is 0 Å². The summed E-state index contributed by atoms with van der Waals surface area (Å²) in [5.41, 5.74) is 0. The van der Waals surface area contributed by atoms with Crippen molar-refractivity contribution in [2.75, 3.05) is 26.1 Å². The SMILES string of the molecule is COc1cc(OC)nc(NC(C)CCCO)n1. The van der Waals surface area contributed by atoms with E-state index in [1.807, 2.05) is 6.92 Å². The minimum atomic E-state index is 0.180. The molecule has 0 spiro atoms. The van der Waals surface area contributed by atoms with Crippen LogP contribution in [0, 0.1) is 0 Å². The lowest BCUT2D eigenvalue weighted by Crippen LogP contribution is -2.17. The highest BCUT2D eigenvalue weighted by Gasteiger charge is 2.08. The van der Waals surface area contributed by atoms with Gasteiger partial charge in [0.15, 0.2) is 0 Å². The van der Waals surface area contributed by atoms with Crippen LogP contribution in [0.1, 0.15) is 19.8 Å². The molecule has 0 saturated heterocycles. The van der Waals surface area contributed by atoms with E-state index >= 15 is 0 Å². The molecule has 1 aromatic rings. The zero-order chi connectivity index (χ0) is 12.7. The van der Waals surface area contributed by atoms with Crippen LogP contribution < -0.4 is 14.8 Å². The standard InChI is InChI=1S/C11H19N3O3/c1-8(5-4-6-15)12-11-13-9(16-2)7-10(14-11)17-3/h7-8,15H,4-6H2,1-3H3,(H,12,13,14). The van der Waals surface area contributed by atoms with Crippen LogP contribution in [0.5, 0.6) is 11.8 Å². The third-order valence-electron chi connectivity index (χ3n) is 2.27. The van der Waals surface area contributed by atoms with Crippen molar-refractivity contribution in [2.24, 2.45) is 0 Å². The molecule has 0 radical (unpaired) electrons. The Hall–Kier alpha value is -1.56. The Morgan fingerprint density at radius 3 is 2.35 bits per heavy atom. The number of aromatic nitrogens is 2. The Labute approximate surface area is 101 Å². The molecule has 0 aliphatic carbocycles. The highest BCUT2D eigenvalue weighted by atomic mass is 16.5. The van der Waals surface area contributed by atoms with Crippen LogP contribution in [0.25, 0.3) is 0 Å². The number of aliphatic hydroxyl groups is 1. The molecule has 0 fully saturated rings. The van der Waals surface area contributed by atoms with E-state index in [9.17, 15) is 0 Å². The number of nitrogens with one attached hydrogen (secondary N) is 1. The van der Waals surface area contributed by atoms with Crippen LogP contribution in [0.4, 0.5) is 5.95 Å². The fourth-order valence-electron chi connectivity index (χ4n) is 1.37. The molecule has 1 rings (SSSR count). The maximum atomic E-state index is 8.75. The van der Waals surface area contributed by atoms with Crippen LogP contribution in [0.2, 0.25) is 0 Å². The fourth-order valence-corrected chi connectivity index (χ4v) is 1.37. The minimum Gasteiger partial charge on any atom is -0.481 e. The quantitative estimate of drug-likeness (QED) is 0.743. The molecular formula is C11H19N3O3. The molecule has 1 heterocycles. The first-order valence-corrected chi connectivity index (χ1v) is 5.54. The van der Waals surface area contributed by atoms with Crippen LogP contribution in [0.3, 0.4) is 0 Å². The summed E-state index contributed by atoms with van der Waals surface area (Å²) in [6.07, 6.45) is 1.59. The molecule has 0 bridgehead atoms. The van der Waals surface area contributed by atoms with Gasteiger partial charge in [-0.25, -0.2) is 0 Å². The van der Waals surface area contributed by atoms with Crippen LogP contribution in [0.15, 0.2) is 6.07 Å². The molecular weight excluding hydrogens is 222 g/mol. The van der Waals surface area contributed by atoms with E-state index in [1.54, 1.807) is 20.3 Å². The summed E-state index contributed by atoms with van der Waals surface area (Å²) >= 11 is 0. The van der Waals surface area contributed by atoms with Gasteiger partial charge in [-0.15, -0.1) is 0 Å². The monoisotopic (exact) mass is 241 g/mol. The molecule has 0 saturated carbocycles. The number of ether oxygens (including phenoxy) is 2. The van der Waals surface area contributed by atoms with Crippen molar-refractivity contribution < 1.29 is 14.6 Å². The molecule has 0 amide bonds. The Morgan fingerprint density at radius 1 is 1.29 bits per heavy atom. The van der Waals surface area contributed by atoms with Crippen molar-refractivity contribution in [3.05, 3.63) is 6.07 Å². The third kappa shape index (κ3) is 4.44. The van der Waals surface area contributed by atoms with Crippen LogP contribution >= 0.6 is 0 Å². The maximum absolute atomic E-state index is 8.75. The maximum Gasteiger partial charge on any atom is 0.229 e. The summed E-state index contributed by atoms with van der Waals surface area (Å²) < 4.78 is 10.1. The Balaban J connectivity index is 2.68. The molecule has 17 heavy (non-hydrogen) atoms. The number of hydrogen-bond donors (Lipinski definition) is 2. The molecule has 2 N–H and O–H groups in total. The summed E-state index contributed by atoms with van der Waals surface area (Å²) in [7, 11) is 3.08. The summed E-state index contributed by atoms with van der Waals surface area (Å²) in [5.74, 6) is 1.37. The first kappa shape index (κ1) is 13.5. The van der Waals surface area contributed by atoms with E-state index < -0.39 is 0 Å². The zero-order valence-corrected chi connectivity index (χ0v) is 10.4. The van der Waals surface area contributed by atoms with Crippen molar-refractivity contribution in [3.8, 4) is 11.8 Å². The highest BCUT2D eigenvalue weighted by molar-refractivity contribution is 5.34. The van der Waals surface area contributed by atoms with Gasteiger partial charge < -0.3 is 19.9 Å². The second-order valence-electron chi connectivity index (χ2n) is 3.69. The van der Waals surface area contributed by atoms with Crippen molar-refractivity contribution >= 4 is 5.95 Å². The number of hydrogen-bond acceptors (Lipinski definition) is 6. The fraction of sp³-hybridized carbons (Fsp3) is 0.636. The number of nitrogens with zero attached hydrogens (tertiary/aromatic N) is 2. The Bertz CT molecular complexity index is 324. The summed E-state index contributed by atoms with van der Waals surface area (Å²) in [6, 6.07) is 1.79. The first-order valence-electron chi connectivity index (χ1n) is 5.54. The van der Waals surface area contributed by atoms with Gasteiger partial charge in [-0.2, -0.15) is 9.97 Å². The molecule has 1 aromatic heterocycles. The molecule has 1 unspecified atom stereocenters. The van der Waals surface area contributed by atoms with Gasteiger partial charge in [-0.1, -0.05) is 0 Å². The Morgan fingerprint density at radius 2 is 1.88 bits per heavy atom. The minimum absolute atomic E-state index is 0.180. The number of methoxy groups -OCH3 is 2. The van der Waals surface area contributed by atoms with E-state index in [0.29, 0.717) is 17.7 Å². The van der Waals surface area contributed by atoms with E-state index in [2.05, 4.69) is 15.3 Å². The highest BCUT2D eigenvalue weighted by Crippen LogP contribution is 2.18. The average molecular weight is 241 g/mol. The van der Waals surface area contributed by atoms with Gasteiger partial charge in [0.1, 0.15) is 0 Å². The normalized spacial score (nSPS) is 12.0. The topological polar surface area (TPSA) is 76.5 Å². The van der Waals surface area contributed by atoms with Crippen molar-refractivity contribution in [1.29, 1.82) is 0 Å². The summed E-state index contributed by atoms with van der Waals surface area (Å²) in [6.45, 7) is 2.19.